The number of thioether (sulfide) groups is 1. The number of rotatable bonds is 36. The Morgan fingerprint density at radius 1 is 0.732 bits per heavy atom. The maximum atomic E-state index is 15.9. The Hall–Kier alpha value is -8.77. The van der Waals surface area contributed by atoms with Crippen LogP contribution in [0.15, 0.2) is 159 Å². The van der Waals surface area contributed by atoms with Gasteiger partial charge in [-0.3, -0.25) is 34.1 Å². The molecule has 6 heterocycles. The number of aromatic nitrogens is 4. The molecule has 2 aromatic heterocycles. The Kier molecular flexibility index (Phi) is 27.3. The van der Waals surface area contributed by atoms with E-state index in [1.165, 1.54) is 42.1 Å². The van der Waals surface area contributed by atoms with Crippen LogP contribution < -0.4 is 30.5 Å². The van der Waals surface area contributed by atoms with Crippen molar-refractivity contribution in [1.82, 2.24) is 34.7 Å². The summed E-state index contributed by atoms with van der Waals surface area (Å²) in [5.74, 6) is -2.44. The van der Waals surface area contributed by atoms with Crippen LogP contribution in [0.4, 0.5) is 46.0 Å². The first-order valence-electron chi connectivity index (χ1n) is 36.9. The van der Waals surface area contributed by atoms with Crippen molar-refractivity contribution in [2.24, 2.45) is 0 Å². The van der Waals surface area contributed by atoms with Crippen LogP contribution in [0.5, 0.6) is 0 Å². The molecule has 3 saturated heterocycles. The van der Waals surface area contributed by atoms with E-state index in [-0.39, 0.29) is 64.8 Å². The number of ether oxygens (including phenoxy) is 4. The maximum absolute atomic E-state index is 15.9. The minimum Gasteiger partial charge on any atom is -0.382 e. The number of benzene rings is 6. The van der Waals surface area contributed by atoms with Gasteiger partial charge in [-0.05, 0) is 161 Å². The Morgan fingerprint density at radius 2 is 1.43 bits per heavy atom. The van der Waals surface area contributed by atoms with Crippen LogP contribution in [0.3, 0.4) is 0 Å². The van der Waals surface area contributed by atoms with Gasteiger partial charge in [0, 0.05) is 140 Å². The zero-order valence-corrected chi connectivity index (χ0v) is 66.3. The number of amides is 4. The normalized spacial score (nSPS) is 16.7. The lowest BCUT2D eigenvalue weighted by Crippen LogP contribution is -2.54. The fourth-order valence-corrected chi connectivity index (χ4v) is 18.6. The summed E-state index contributed by atoms with van der Waals surface area (Å²) in [5, 5.41) is 17.5. The highest BCUT2D eigenvalue weighted by Crippen LogP contribution is 2.46. The van der Waals surface area contributed by atoms with Gasteiger partial charge >= 0.3 is 5.51 Å². The van der Waals surface area contributed by atoms with E-state index in [0.717, 1.165) is 46.2 Å². The van der Waals surface area contributed by atoms with E-state index >= 15 is 4.39 Å². The number of fused-ring (bicyclic) bond motifs is 1. The van der Waals surface area contributed by atoms with Crippen molar-refractivity contribution in [2.75, 3.05) is 129 Å². The number of nitrogens with one attached hydrogen (secondary N) is 4. The third-order valence-electron chi connectivity index (χ3n) is 19.8. The lowest BCUT2D eigenvalue weighted by Gasteiger charge is -2.37. The molecule has 4 N–H and O–H groups in total. The van der Waals surface area contributed by atoms with Gasteiger partial charge in [0.05, 0.1) is 84.2 Å². The average Bonchev–Trinajstić information content (AvgIpc) is 1.43. The fraction of sp³-hybridized carbons (Fsp3) is 0.410. The fourth-order valence-electron chi connectivity index (χ4n) is 14.4. The molecular formula is C78H89ClF4N12O13S4. The smallest absolute Gasteiger partial charge is 0.382 e. The molecule has 0 radical (unpaired) electrons. The van der Waals surface area contributed by atoms with Crippen LogP contribution in [0.2, 0.25) is 5.02 Å². The Morgan fingerprint density at radius 3 is 2.12 bits per heavy atom. The van der Waals surface area contributed by atoms with Crippen molar-refractivity contribution in [3.63, 3.8) is 0 Å². The van der Waals surface area contributed by atoms with E-state index in [2.05, 4.69) is 40.8 Å². The molecule has 0 bridgehead atoms. The first-order valence-corrected chi connectivity index (χ1v) is 42.8. The number of anilines is 5. The predicted molar refractivity (Wildman–Crippen MR) is 421 cm³/mol. The molecule has 6 aromatic carbocycles. The summed E-state index contributed by atoms with van der Waals surface area (Å²) in [5.41, 5.74) is -0.0592. The Balaban J connectivity index is 0.572. The Labute approximate surface area is 659 Å². The van der Waals surface area contributed by atoms with Crippen molar-refractivity contribution >= 4 is 106 Å². The highest BCUT2D eigenvalue weighted by Gasteiger charge is 2.49. The van der Waals surface area contributed by atoms with Gasteiger partial charge in [-0.25, -0.2) is 25.4 Å². The molecule has 0 aliphatic carbocycles. The van der Waals surface area contributed by atoms with Gasteiger partial charge in [0.1, 0.15) is 33.4 Å². The van der Waals surface area contributed by atoms with Crippen LogP contribution in [0.1, 0.15) is 90.5 Å². The molecule has 3 atom stereocenters. The number of imide groups is 2. The van der Waals surface area contributed by atoms with Crippen LogP contribution in [0.25, 0.3) is 22.4 Å². The number of aryl methyl sites for hydroxylation is 1. The van der Waals surface area contributed by atoms with Gasteiger partial charge in [-0.2, -0.15) is 13.2 Å². The summed E-state index contributed by atoms with van der Waals surface area (Å²) < 4.78 is 158. The first kappa shape index (κ1) is 82.7. The second-order valence-corrected chi connectivity index (χ2v) is 34.6. The van der Waals surface area contributed by atoms with E-state index < -0.39 is 82.6 Å². The molecule has 0 saturated carbocycles. The number of carbonyl (C=O) groups is 4. The number of nitrogens with zero attached hydrogens (tertiary/aromatic N) is 8. The van der Waals surface area contributed by atoms with Crippen molar-refractivity contribution in [3.8, 4) is 22.4 Å². The van der Waals surface area contributed by atoms with Crippen molar-refractivity contribution in [3.05, 3.63) is 173 Å². The van der Waals surface area contributed by atoms with Crippen molar-refractivity contribution in [2.45, 2.75) is 122 Å². The quantitative estimate of drug-likeness (QED) is 0.0123. The number of hydrogen-bond donors (Lipinski definition) is 4. The largest absolute Gasteiger partial charge is 0.501 e. The molecule has 3 fully saturated rings. The highest BCUT2D eigenvalue weighted by molar-refractivity contribution is 7.99. The van der Waals surface area contributed by atoms with Crippen LogP contribution >= 0.6 is 23.4 Å². The second-order valence-electron chi connectivity index (χ2n) is 27.9. The summed E-state index contributed by atoms with van der Waals surface area (Å²) in [6.45, 7) is 12.8. The second kappa shape index (κ2) is 37.0. The van der Waals surface area contributed by atoms with Crippen LogP contribution in [0, 0.1) is 12.7 Å². The molecule has 34 heteroatoms. The SMILES string of the molecule is Cc1c(S(C)(=O)=O)c(-c2cc(F)cc(N3CCN(c4ccc(NS(=O)c5ccc(N[C@H](CCN6CCC(OCCCn7cc(COCCOCCOCCNc8cccc9c8C(=O)N(C8CCC(=O)NC8=O)C9=O)nn7)CC6)CSc6ccccc6)c(S(=O)(=O)C(F)(F)F)c5)cc4)CC3)c2)c(-c2ccc(Cl)cc2)n1C(C)C. The van der Waals surface area contributed by atoms with E-state index in [1.807, 2.05) is 78.0 Å². The molecular weight excluding hydrogens is 1550 g/mol. The molecule has 25 nitrogen and oxygen atoms in total. The van der Waals surface area contributed by atoms with Gasteiger partial charge in [-0.15, -0.1) is 16.9 Å². The summed E-state index contributed by atoms with van der Waals surface area (Å²) in [7, 11) is -12.0. The zero-order valence-electron chi connectivity index (χ0n) is 62.3. The molecule has 4 aliphatic heterocycles. The van der Waals surface area contributed by atoms with Crippen molar-refractivity contribution < 1.29 is 76.7 Å². The molecule has 112 heavy (non-hydrogen) atoms. The maximum Gasteiger partial charge on any atom is 0.501 e. The van der Waals surface area contributed by atoms with Gasteiger partial charge < -0.3 is 53.6 Å². The Bertz CT molecular complexity index is 4930. The first-order chi connectivity index (χ1) is 53.7. The number of piperidine rings is 2. The average molecular weight is 1640 g/mol. The van der Waals surface area contributed by atoms with Crippen LogP contribution in [-0.4, -0.2) is 202 Å². The van der Waals surface area contributed by atoms with E-state index in [9.17, 15) is 53.4 Å². The summed E-state index contributed by atoms with van der Waals surface area (Å²) >= 11 is 7.77. The van der Waals surface area contributed by atoms with E-state index in [0.29, 0.717) is 161 Å². The lowest BCUT2D eigenvalue weighted by atomic mass is 9.99. The molecule has 4 amide bonds. The molecule has 2 unspecified atom stereocenters. The number of hydrogen-bond acceptors (Lipinski definition) is 21. The van der Waals surface area contributed by atoms with Gasteiger partial charge in [-0.1, -0.05) is 53.2 Å². The van der Waals surface area contributed by atoms with Gasteiger partial charge in [0.25, 0.3) is 21.7 Å². The molecule has 8 aromatic rings. The zero-order chi connectivity index (χ0) is 79.4. The number of alkyl halides is 3. The lowest BCUT2D eigenvalue weighted by molar-refractivity contribution is -0.136. The summed E-state index contributed by atoms with van der Waals surface area (Å²) in [6, 6.07) is 34.7. The third kappa shape index (κ3) is 20.2. The van der Waals surface area contributed by atoms with E-state index in [1.54, 1.807) is 60.1 Å². The van der Waals surface area contributed by atoms with E-state index in [4.69, 9.17) is 30.5 Å². The van der Waals surface area contributed by atoms with Crippen molar-refractivity contribution in [1.29, 1.82) is 0 Å². The molecule has 12 rings (SSSR count). The number of halogens is 5. The van der Waals surface area contributed by atoms with Gasteiger partial charge in [0.2, 0.25) is 11.8 Å². The number of piperazine rings is 1. The summed E-state index contributed by atoms with van der Waals surface area (Å²) in [4.78, 5) is 57.7. The predicted octanol–water partition coefficient (Wildman–Crippen LogP) is 11.9. The number of likely N-dealkylation sites (tertiary alicyclic amines) is 1. The number of sulfone groups is 2. The standard InChI is InChI=1S/C78H89ClF4N12O13S4/c1-51(2)94-52(3)74(111(4,101)102)71(73(94)53-14-16-55(79)17-15-53)54-44-56(80)46-61(45-54)92-36-34-91(35-37-92)60-20-18-57(19-21-60)88-110(100)64-22-23-66(69(47-64)112(103,104)78(81,82)83)85-58(50-109-63-10-6-5-7-11-63)26-31-90-32-27-62(28-33-90)108-38-9-30-93-48-59(87-89-93)49-107-43-42-106-41-40-105-39-29-84-67-13-8-12-65-72(67)77(99)95(76(65)98)68-24-25-70(96)86-75(68)97/h5-8,10-23,44-48,51,58,62,68,84-85,88H,9,24-43,49-50H2,1-4H3,(H,86,96,97)/t58-,68?,110?/m1/s1. The molecule has 598 valence electrons. The number of carbonyl (C=O) groups excluding carboxylic acids is 4. The van der Waals surface area contributed by atoms with Gasteiger partial charge in [0.15, 0.2) is 9.84 Å². The highest BCUT2D eigenvalue weighted by atomic mass is 35.5. The monoisotopic (exact) mass is 1640 g/mol. The molecule has 4 aliphatic rings. The minimum absolute atomic E-state index is 0.0170. The third-order valence-corrected chi connectivity index (χ3v) is 25.1. The minimum atomic E-state index is -5.97. The summed E-state index contributed by atoms with van der Waals surface area (Å²) in [6.07, 6.45) is 5.74. The van der Waals surface area contributed by atoms with Crippen LogP contribution in [-0.2, 0) is 72.3 Å². The molecule has 0 spiro atoms. The topological polar surface area (TPSA) is 287 Å².